The van der Waals surface area contributed by atoms with E-state index in [2.05, 4.69) is 57.1 Å². The minimum atomic E-state index is -0.00355. The number of fused-ring (bicyclic) bond motifs is 3. The number of carbonyl (C=O) groups excluding carboxylic acids is 1. The second kappa shape index (κ2) is 6.10. The number of para-hydroxylation sites is 1. The number of aryl methyl sites for hydroxylation is 1. The summed E-state index contributed by atoms with van der Waals surface area (Å²) in [6.07, 6.45) is 2.88. The van der Waals surface area contributed by atoms with Crippen LogP contribution in [0.3, 0.4) is 0 Å². The van der Waals surface area contributed by atoms with Crippen molar-refractivity contribution < 1.29 is 4.79 Å². The van der Waals surface area contributed by atoms with Gasteiger partial charge in [-0.3, -0.25) is 4.79 Å². The minimum absolute atomic E-state index is 0.00355. The summed E-state index contributed by atoms with van der Waals surface area (Å²) in [4.78, 5) is 12.6. The summed E-state index contributed by atoms with van der Waals surface area (Å²) in [6, 6.07) is 16.3. The highest BCUT2D eigenvalue weighted by Crippen LogP contribution is 2.31. The van der Waals surface area contributed by atoms with E-state index in [4.69, 9.17) is 0 Å². The quantitative estimate of drug-likeness (QED) is 0.706. The van der Waals surface area contributed by atoms with Crippen molar-refractivity contribution in [3.63, 3.8) is 0 Å². The summed E-state index contributed by atoms with van der Waals surface area (Å²) in [5, 5.41) is 4.53. The number of amides is 1. The number of hydrogen-bond acceptors (Lipinski definition) is 1. The fourth-order valence-corrected chi connectivity index (χ4v) is 4.23. The third-order valence-electron chi connectivity index (χ3n) is 4.98. The van der Waals surface area contributed by atoms with E-state index in [1.807, 2.05) is 24.3 Å². The molecule has 1 N–H and O–H groups in total. The molecule has 2 aromatic carbocycles. The van der Waals surface area contributed by atoms with Crippen LogP contribution in [0.5, 0.6) is 0 Å². The smallest absolute Gasteiger partial charge is 0.252 e. The van der Waals surface area contributed by atoms with Crippen LogP contribution >= 0.6 is 15.9 Å². The molecule has 0 aliphatic heterocycles. The van der Waals surface area contributed by atoms with Crippen LogP contribution in [0.15, 0.2) is 53.0 Å². The number of nitrogens with one attached hydrogen (secondary N) is 1. The standard InChI is InChI=1S/C20H19BrN2O/c1-23-18-9-5-3-6-14(18)16-12-13(10-11-19(16)23)22-20(24)15-7-2-4-8-17(15)21/h2-9,13H,10-12H2,1H3,(H,22,24). The van der Waals surface area contributed by atoms with Gasteiger partial charge in [0.05, 0.1) is 5.56 Å². The van der Waals surface area contributed by atoms with Gasteiger partial charge in [0.25, 0.3) is 5.91 Å². The van der Waals surface area contributed by atoms with Gasteiger partial charge in [-0.15, -0.1) is 0 Å². The van der Waals surface area contributed by atoms with E-state index >= 15 is 0 Å². The first-order valence-electron chi connectivity index (χ1n) is 8.25. The molecule has 4 rings (SSSR count). The molecule has 0 radical (unpaired) electrons. The van der Waals surface area contributed by atoms with Gasteiger partial charge < -0.3 is 9.88 Å². The van der Waals surface area contributed by atoms with Crippen LogP contribution in [-0.2, 0) is 19.9 Å². The molecule has 0 saturated heterocycles. The van der Waals surface area contributed by atoms with Crippen molar-refractivity contribution in [3.8, 4) is 0 Å². The van der Waals surface area contributed by atoms with Gasteiger partial charge in [-0.25, -0.2) is 0 Å². The molecule has 1 heterocycles. The molecule has 0 fully saturated rings. The molecule has 24 heavy (non-hydrogen) atoms. The van der Waals surface area contributed by atoms with E-state index in [0.29, 0.717) is 5.56 Å². The Bertz CT molecular complexity index is 929. The Morgan fingerprint density at radius 1 is 1.17 bits per heavy atom. The molecule has 3 aromatic rings. The second-order valence-corrected chi connectivity index (χ2v) is 7.25. The normalized spacial score (nSPS) is 16.8. The number of benzene rings is 2. The summed E-state index contributed by atoms with van der Waals surface area (Å²) in [5.74, 6) is -0.00355. The fourth-order valence-electron chi connectivity index (χ4n) is 3.76. The Labute approximate surface area is 149 Å². The Hall–Kier alpha value is -2.07. The van der Waals surface area contributed by atoms with Crippen molar-refractivity contribution in [1.29, 1.82) is 0 Å². The summed E-state index contributed by atoms with van der Waals surface area (Å²) < 4.78 is 3.14. The molecule has 0 saturated carbocycles. The average Bonchev–Trinajstić information content (AvgIpc) is 2.88. The second-order valence-electron chi connectivity index (χ2n) is 6.39. The molecule has 1 aromatic heterocycles. The van der Waals surface area contributed by atoms with Gasteiger partial charge in [-0.05, 0) is 59.0 Å². The fraction of sp³-hybridized carbons (Fsp3) is 0.250. The van der Waals surface area contributed by atoms with Crippen molar-refractivity contribution in [3.05, 3.63) is 69.8 Å². The molecule has 122 valence electrons. The van der Waals surface area contributed by atoms with Crippen molar-refractivity contribution in [1.82, 2.24) is 9.88 Å². The number of halogens is 1. The molecule has 1 aliphatic rings. The lowest BCUT2D eigenvalue weighted by molar-refractivity contribution is 0.0933. The van der Waals surface area contributed by atoms with E-state index in [0.717, 1.165) is 23.7 Å². The van der Waals surface area contributed by atoms with E-state index in [-0.39, 0.29) is 11.9 Å². The van der Waals surface area contributed by atoms with Crippen LogP contribution < -0.4 is 5.32 Å². The van der Waals surface area contributed by atoms with Gasteiger partial charge in [0, 0.05) is 34.2 Å². The Morgan fingerprint density at radius 3 is 2.75 bits per heavy atom. The number of nitrogens with zero attached hydrogens (tertiary/aromatic N) is 1. The van der Waals surface area contributed by atoms with E-state index in [1.165, 1.54) is 22.2 Å². The molecule has 1 amide bonds. The van der Waals surface area contributed by atoms with E-state index in [1.54, 1.807) is 0 Å². The first kappa shape index (κ1) is 15.5. The van der Waals surface area contributed by atoms with Crippen LogP contribution in [0.2, 0.25) is 0 Å². The van der Waals surface area contributed by atoms with Crippen LogP contribution in [-0.4, -0.2) is 16.5 Å². The number of carbonyl (C=O) groups is 1. The SMILES string of the molecule is Cn1c2c(c3ccccc31)CC(NC(=O)c1ccccc1Br)CC2. The Balaban J connectivity index is 1.60. The van der Waals surface area contributed by atoms with Gasteiger partial charge >= 0.3 is 0 Å². The molecule has 3 nitrogen and oxygen atoms in total. The summed E-state index contributed by atoms with van der Waals surface area (Å²) in [7, 11) is 2.14. The van der Waals surface area contributed by atoms with E-state index in [9.17, 15) is 4.79 Å². The first-order chi connectivity index (χ1) is 11.6. The topological polar surface area (TPSA) is 34.0 Å². The molecule has 4 heteroatoms. The molecule has 1 aliphatic carbocycles. The molecular formula is C20H19BrN2O. The maximum atomic E-state index is 12.6. The lowest BCUT2D eigenvalue weighted by Crippen LogP contribution is -2.39. The van der Waals surface area contributed by atoms with Crippen LogP contribution in [0.4, 0.5) is 0 Å². The zero-order valence-corrected chi connectivity index (χ0v) is 15.1. The van der Waals surface area contributed by atoms with Gasteiger partial charge in [0.1, 0.15) is 0 Å². The molecule has 1 unspecified atom stereocenters. The van der Waals surface area contributed by atoms with Gasteiger partial charge in [0.15, 0.2) is 0 Å². The van der Waals surface area contributed by atoms with Crippen molar-refractivity contribution in [2.75, 3.05) is 0 Å². The monoisotopic (exact) mass is 382 g/mol. The highest BCUT2D eigenvalue weighted by molar-refractivity contribution is 9.10. The predicted molar refractivity (Wildman–Crippen MR) is 100 cm³/mol. The lowest BCUT2D eigenvalue weighted by atomic mass is 9.91. The van der Waals surface area contributed by atoms with Crippen molar-refractivity contribution in [2.24, 2.45) is 7.05 Å². The third kappa shape index (κ3) is 2.55. The highest BCUT2D eigenvalue weighted by atomic mass is 79.9. The van der Waals surface area contributed by atoms with Crippen LogP contribution in [0.25, 0.3) is 10.9 Å². The number of rotatable bonds is 2. The Morgan fingerprint density at radius 2 is 1.92 bits per heavy atom. The molecule has 0 spiro atoms. The third-order valence-corrected chi connectivity index (χ3v) is 5.67. The summed E-state index contributed by atoms with van der Waals surface area (Å²) in [6.45, 7) is 0. The zero-order valence-electron chi connectivity index (χ0n) is 13.6. The number of aromatic nitrogens is 1. The molecule has 0 bridgehead atoms. The molecular weight excluding hydrogens is 364 g/mol. The highest BCUT2D eigenvalue weighted by Gasteiger charge is 2.25. The Kier molecular flexibility index (Phi) is 3.93. The largest absolute Gasteiger partial charge is 0.349 e. The van der Waals surface area contributed by atoms with Crippen LogP contribution in [0, 0.1) is 0 Å². The van der Waals surface area contributed by atoms with Gasteiger partial charge in [-0.2, -0.15) is 0 Å². The average molecular weight is 383 g/mol. The maximum Gasteiger partial charge on any atom is 0.252 e. The zero-order chi connectivity index (χ0) is 16.7. The lowest BCUT2D eigenvalue weighted by Gasteiger charge is -2.24. The minimum Gasteiger partial charge on any atom is -0.349 e. The van der Waals surface area contributed by atoms with Gasteiger partial charge in [0.2, 0.25) is 0 Å². The number of hydrogen-bond donors (Lipinski definition) is 1. The van der Waals surface area contributed by atoms with Crippen molar-refractivity contribution >= 4 is 32.7 Å². The summed E-state index contributed by atoms with van der Waals surface area (Å²) in [5.41, 5.74) is 4.76. The van der Waals surface area contributed by atoms with E-state index < -0.39 is 0 Å². The maximum absolute atomic E-state index is 12.6. The van der Waals surface area contributed by atoms with Crippen molar-refractivity contribution in [2.45, 2.75) is 25.3 Å². The molecule has 1 atom stereocenters. The van der Waals surface area contributed by atoms with Gasteiger partial charge in [-0.1, -0.05) is 30.3 Å². The summed E-state index contributed by atoms with van der Waals surface area (Å²) >= 11 is 3.46. The first-order valence-corrected chi connectivity index (χ1v) is 9.05. The predicted octanol–water partition coefficient (Wildman–Crippen LogP) is 4.23. The van der Waals surface area contributed by atoms with Crippen LogP contribution in [0.1, 0.15) is 28.0 Å².